The molecule has 1 saturated heterocycles. The van der Waals surface area contributed by atoms with Gasteiger partial charge in [0.25, 0.3) is 0 Å². The van der Waals surface area contributed by atoms with E-state index in [0.717, 1.165) is 22.6 Å². The van der Waals surface area contributed by atoms with Gasteiger partial charge in [-0.1, -0.05) is 31.2 Å². The zero-order chi connectivity index (χ0) is 17.1. The SMILES string of the molecule is COc1ccc([C@@H]2CC(=O)[C@@H](C)[C@@H](c3ccc(OC)cc3)N2)cc1. The molecule has 1 fully saturated rings. The van der Waals surface area contributed by atoms with Gasteiger partial charge in [-0.25, -0.2) is 0 Å². The summed E-state index contributed by atoms with van der Waals surface area (Å²) in [5.41, 5.74) is 2.21. The molecule has 3 atom stereocenters. The number of Topliss-reactive ketones (excluding diaryl/α,β-unsaturated/α-hetero) is 1. The smallest absolute Gasteiger partial charge is 0.139 e. The fourth-order valence-corrected chi connectivity index (χ4v) is 3.24. The van der Waals surface area contributed by atoms with Crippen LogP contribution in [0, 0.1) is 5.92 Å². The molecule has 2 aromatic carbocycles. The van der Waals surface area contributed by atoms with Gasteiger partial charge in [0.05, 0.1) is 14.2 Å². The maximum absolute atomic E-state index is 12.5. The first-order chi connectivity index (χ1) is 11.6. The average molecular weight is 325 g/mol. The highest BCUT2D eigenvalue weighted by Gasteiger charge is 2.34. The Morgan fingerprint density at radius 1 is 0.875 bits per heavy atom. The van der Waals surface area contributed by atoms with Gasteiger partial charge in [0.1, 0.15) is 17.3 Å². The van der Waals surface area contributed by atoms with E-state index >= 15 is 0 Å². The van der Waals surface area contributed by atoms with E-state index in [1.807, 2.05) is 55.5 Å². The van der Waals surface area contributed by atoms with E-state index in [9.17, 15) is 4.79 Å². The van der Waals surface area contributed by atoms with Crippen LogP contribution in [-0.2, 0) is 4.79 Å². The zero-order valence-electron chi connectivity index (χ0n) is 14.3. The molecule has 1 aliphatic rings. The summed E-state index contributed by atoms with van der Waals surface area (Å²) in [6, 6.07) is 15.8. The summed E-state index contributed by atoms with van der Waals surface area (Å²) in [5, 5.41) is 3.64. The predicted octanol–water partition coefficient (Wildman–Crippen LogP) is 3.68. The van der Waals surface area contributed by atoms with Gasteiger partial charge in [0.15, 0.2) is 0 Å². The third-order valence-electron chi connectivity index (χ3n) is 4.79. The highest BCUT2D eigenvalue weighted by Crippen LogP contribution is 2.35. The van der Waals surface area contributed by atoms with Crippen LogP contribution < -0.4 is 14.8 Å². The van der Waals surface area contributed by atoms with Crippen molar-refractivity contribution < 1.29 is 14.3 Å². The van der Waals surface area contributed by atoms with E-state index in [1.54, 1.807) is 14.2 Å². The minimum Gasteiger partial charge on any atom is -0.497 e. The molecule has 1 aliphatic heterocycles. The van der Waals surface area contributed by atoms with Crippen molar-refractivity contribution in [2.24, 2.45) is 5.92 Å². The Morgan fingerprint density at radius 2 is 1.38 bits per heavy atom. The van der Waals surface area contributed by atoms with Gasteiger partial charge in [0.2, 0.25) is 0 Å². The number of piperidine rings is 1. The normalized spacial score (nSPS) is 23.8. The number of methoxy groups -OCH3 is 2. The molecule has 3 rings (SSSR count). The lowest BCUT2D eigenvalue weighted by Gasteiger charge is -2.35. The van der Waals surface area contributed by atoms with Crippen LogP contribution in [0.5, 0.6) is 11.5 Å². The molecular weight excluding hydrogens is 302 g/mol. The topological polar surface area (TPSA) is 47.6 Å². The summed E-state index contributed by atoms with van der Waals surface area (Å²) < 4.78 is 10.4. The molecule has 0 radical (unpaired) electrons. The van der Waals surface area contributed by atoms with Gasteiger partial charge in [-0.05, 0) is 35.4 Å². The van der Waals surface area contributed by atoms with Crippen LogP contribution in [0.25, 0.3) is 0 Å². The molecular formula is C20H23NO3. The second-order valence-electron chi connectivity index (χ2n) is 6.20. The molecule has 4 heteroatoms. The lowest BCUT2D eigenvalue weighted by Crippen LogP contribution is -2.41. The molecule has 4 nitrogen and oxygen atoms in total. The lowest BCUT2D eigenvalue weighted by molar-refractivity contribution is -0.126. The fourth-order valence-electron chi connectivity index (χ4n) is 3.24. The molecule has 126 valence electrons. The predicted molar refractivity (Wildman–Crippen MR) is 93.4 cm³/mol. The highest BCUT2D eigenvalue weighted by molar-refractivity contribution is 5.83. The summed E-state index contributed by atoms with van der Waals surface area (Å²) in [6.07, 6.45) is 0.514. The maximum atomic E-state index is 12.5. The molecule has 0 spiro atoms. The van der Waals surface area contributed by atoms with Crippen LogP contribution >= 0.6 is 0 Å². The Bertz CT molecular complexity index is 694. The minimum absolute atomic E-state index is 0.00394. The molecule has 1 heterocycles. The Balaban J connectivity index is 1.84. The van der Waals surface area contributed by atoms with Gasteiger partial charge in [0, 0.05) is 24.4 Å². The van der Waals surface area contributed by atoms with Crippen molar-refractivity contribution in [1.29, 1.82) is 0 Å². The second-order valence-corrected chi connectivity index (χ2v) is 6.20. The Morgan fingerprint density at radius 3 is 1.88 bits per heavy atom. The third-order valence-corrected chi connectivity index (χ3v) is 4.79. The number of hydrogen-bond acceptors (Lipinski definition) is 4. The number of rotatable bonds is 4. The van der Waals surface area contributed by atoms with Crippen LogP contribution in [0.15, 0.2) is 48.5 Å². The number of hydrogen-bond donors (Lipinski definition) is 1. The summed E-state index contributed by atoms with van der Waals surface area (Å²) >= 11 is 0. The molecule has 0 unspecified atom stereocenters. The van der Waals surface area contributed by atoms with E-state index in [-0.39, 0.29) is 23.8 Å². The third kappa shape index (κ3) is 3.29. The molecule has 0 saturated carbocycles. The van der Waals surface area contributed by atoms with E-state index in [1.165, 1.54) is 0 Å². The lowest BCUT2D eigenvalue weighted by atomic mass is 9.82. The number of nitrogens with one attached hydrogen (secondary N) is 1. The zero-order valence-corrected chi connectivity index (χ0v) is 14.3. The largest absolute Gasteiger partial charge is 0.497 e. The first-order valence-corrected chi connectivity index (χ1v) is 8.19. The Hall–Kier alpha value is -2.33. The fraction of sp³-hybridized carbons (Fsp3) is 0.350. The van der Waals surface area contributed by atoms with Crippen molar-refractivity contribution in [3.8, 4) is 11.5 Å². The van der Waals surface area contributed by atoms with Gasteiger partial charge < -0.3 is 14.8 Å². The first-order valence-electron chi connectivity index (χ1n) is 8.19. The van der Waals surface area contributed by atoms with Crippen LogP contribution in [0.4, 0.5) is 0 Å². The van der Waals surface area contributed by atoms with Crippen LogP contribution in [-0.4, -0.2) is 20.0 Å². The van der Waals surface area contributed by atoms with Crippen molar-refractivity contribution >= 4 is 5.78 Å². The molecule has 0 amide bonds. The Kier molecular flexibility index (Phi) is 4.86. The van der Waals surface area contributed by atoms with Crippen LogP contribution in [0.1, 0.15) is 36.6 Å². The quantitative estimate of drug-likeness (QED) is 0.931. The van der Waals surface area contributed by atoms with Gasteiger partial charge in [-0.15, -0.1) is 0 Å². The van der Waals surface area contributed by atoms with E-state index in [4.69, 9.17) is 9.47 Å². The standard InChI is InChI=1S/C20H23NO3/c1-13-19(22)12-18(14-4-8-16(23-2)9-5-14)21-20(13)15-6-10-17(24-3)11-7-15/h4-11,13,18,20-21H,12H2,1-3H3/t13-,18+,20+/m1/s1. The summed E-state index contributed by atoms with van der Waals surface area (Å²) in [6.45, 7) is 1.99. The van der Waals surface area contributed by atoms with Gasteiger partial charge >= 0.3 is 0 Å². The number of ether oxygens (including phenoxy) is 2. The average Bonchev–Trinajstić information content (AvgIpc) is 2.64. The van der Waals surface area contributed by atoms with Crippen molar-refractivity contribution in [1.82, 2.24) is 5.32 Å². The van der Waals surface area contributed by atoms with Crippen molar-refractivity contribution in [3.63, 3.8) is 0 Å². The van der Waals surface area contributed by atoms with Crippen molar-refractivity contribution in [2.75, 3.05) is 14.2 Å². The summed E-state index contributed by atoms with van der Waals surface area (Å²) in [7, 11) is 3.30. The van der Waals surface area contributed by atoms with E-state index in [2.05, 4.69) is 5.32 Å². The summed E-state index contributed by atoms with van der Waals surface area (Å²) in [5.74, 6) is 1.88. The van der Waals surface area contributed by atoms with E-state index < -0.39 is 0 Å². The minimum atomic E-state index is -0.0482. The monoisotopic (exact) mass is 325 g/mol. The molecule has 1 N–H and O–H groups in total. The van der Waals surface area contributed by atoms with Gasteiger partial charge in [-0.3, -0.25) is 4.79 Å². The summed E-state index contributed by atoms with van der Waals surface area (Å²) in [4.78, 5) is 12.5. The van der Waals surface area contributed by atoms with Gasteiger partial charge in [-0.2, -0.15) is 0 Å². The Labute approximate surface area is 142 Å². The van der Waals surface area contributed by atoms with Crippen molar-refractivity contribution in [2.45, 2.75) is 25.4 Å². The number of carbonyl (C=O) groups excluding carboxylic acids is 1. The highest BCUT2D eigenvalue weighted by atomic mass is 16.5. The second kappa shape index (κ2) is 7.05. The number of benzene rings is 2. The molecule has 0 bridgehead atoms. The maximum Gasteiger partial charge on any atom is 0.139 e. The number of ketones is 1. The van der Waals surface area contributed by atoms with E-state index in [0.29, 0.717) is 6.42 Å². The molecule has 0 aromatic heterocycles. The first kappa shape index (κ1) is 16.5. The van der Waals surface area contributed by atoms with Crippen LogP contribution in [0.2, 0.25) is 0 Å². The van der Waals surface area contributed by atoms with Crippen molar-refractivity contribution in [3.05, 3.63) is 59.7 Å². The molecule has 24 heavy (non-hydrogen) atoms. The van der Waals surface area contributed by atoms with Crippen LogP contribution in [0.3, 0.4) is 0 Å². The molecule has 0 aliphatic carbocycles. The molecule has 2 aromatic rings. The number of carbonyl (C=O) groups is 1.